The average molecular weight is 433 g/mol. The molecule has 0 spiro atoms. The molecule has 9 nitrogen and oxygen atoms in total. The van der Waals surface area contributed by atoms with E-state index < -0.39 is 17.2 Å². The van der Waals surface area contributed by atoms with Crippen LogP contribution >= 0.6 is 0 Å². The van der Waals surface area contributed by atoms with E-state index in [0.717, 1.165) is 0 Å². The van der Waals surface area contributed by atoms with Gasteiger partial charge in [0.15, 0.2) is 17.3 Å². The van der Waals surface area contributed by atoms with E-state index in [0.29, 0.717) is 45.2 Å². The number of aromatic amines is 2. The number of anilines is 1. The lowest BCUT2D eigenvalue weighted by molar-refractivity contribution is 0.103. The van der Waals surface area contributed by atoms with Gasteiger partial charge in [0.05, 0.1) is 38.5 Å². The first-order valence-electron chi connectivity index (χ1n) is 9.80. The molecule has 2 heterocycles. The van der Waals surface area contributed by atoms with Crippen LogP contribution in [0.4, 0.5) is 5.82 Å². The number of hydrogen-bond donors (Lipinski definition) is 3. The lowest BCUT2D eigenvalue weighted by atomic mass is 9.81. The van der Waals surface area contributed by atoms with E-state index in [4.69, 9.17) is 14.2 Å². The van der Waals surface area contributed by atoms with Crippen LogP contribution in [-0.2, 0) is 0 Å². The number of carbonyl (C=O) groups is 1. The van der Waals surface area contributed by atoms with Gasteiger partial charge in [0.25, 0.3) is 5.56 Å². The minimum atomic E-state index is -0.823. The largest absolute Gasteiger partial charge is 0.493 e. The second kappa shape index (κ2) is 7.16. The van der Waals surface area contributed by atoms with Crippen LogP contribution in [0.5, 0.6) is 17.2 Å². The molecule has 1 aromatic heterocycles. The summed E-state index contributed by atoms with van der Waals surface area (Å²) in [6.07, 6.45) is 0. The molecule has 0 unspecified atom stereocenters. The molecule has 0 radical (unpaired) electrons. The third kappa shape index (κ3) is 2.60. The highest BCUT2D eigenvalue weighted by Gasteiger charge is 2.43. The van der Waals surface area contributed by atoms with Crippen molar-refractivity contribution in [1.29, 1.82) is 0 Å². The normalized spacial score (nSPS) is 16.1. The first-order chi connectivity index (χ1) is 15.5. The van der Waals surface area contributed by atoms with Gasteiger partial charge in [-0.1, -0.05) is 30.3 Å². The second-order valence-corrected chi connectivity index (χ2v) is 7.34. The van der Waals surface area contributed by atoms with Gasteiger partial charge in [-0.15, -0.1) is 0 Å². The molecule has 2 aromatic carbocycles. The fourth-order valence-electron chi connectivity index (χ4n) is 4.52. The maximum atomic E-state index is 13.5. The van der Waals surface area contributed by atoms with Crippen molar-refractivity contribution in [3.8, 4) is 17.2 Å². The van der Waals surface area contributed by atoms with Gasteiger partial charge in [0.1, 0.15) is 5.82 Å². The zero-order chi connectivity index (χ0) is 22.6. The van der Waals surface area contributed by atoms with Gasteiger partial charge in [0.2, 0.25) is 5.75 Å². The van der Waals surface area contributed by atoms with Crippen molar-refractivity contribution in [2.45, 2.75) is 5.92 Å². The van der Waals surface area contributed by atoms with Gasteiger partial charge in [-0.2, -0.15) is 0 Å². The van der Waals surface area contributed by atoms with E-state index in [9.17, 15) is 14.4 Å². The highest BCUT2D eigenvalue weighted by atomic mass is 16.5. The van der Waals surface area contributed by atoms with E-state index in [1.165, 1.54) is 21.3 Å². The van der Waals surface area contributed by atoms with Crippen LogP contribution in [0.25, 0.3) is 5.70 Å². The quantitative estimate of drug-likeness (QED) is 0.577. The Bertz CT molecular complexity index is 1430. The molecule has 0 amide bonds. The molecule has 0 saturated carbocycles. The van der Waals surface area contributed by atoms with Crippen molar-refractivity contribution in [2.24, 2.45) is 0 Å². The first kappa shape index (κ1) is 19.7. The highest BCUT2D eigenvalue weighted by molar-refractivity contribution is 6.23. The molecular weight excluding hydrogens is 414 g/mol. The Hall–Kier alpha value is -4.27. The lowest BCUT2D eigenvalue weighted by Gasteiger charge is -2.29. The number of aromatic nitrogens is 2. The van der Waals surface area contributed by atoms with Crippen molar-refractivity contribution in [3.05, 3.63) is 85.1 Å². The Morgan fingerprint density at radius 1 is 0.812 bits per heavy atom. The molecule has 2 aliphatic rings. The number of benzene rings is 2. The summed E-state index contributed by atoms with van der Waals surface area (Å²) in [4.78, 5) is 43.4. The number of fused-ring (bicyclic) bond motifs is 3. The molecular formula is C23H19N3O6. The molecule has 0 bridgehead atoms. The third-order valence-electron chi connectivity index (χ3n) is 5.81. The summed E-state index contributed by atoms with van der Waals surface area (Å²) in [6, 6.07) is 10.6. The summed E-state index contributed by atoms with van der Waals surface area (Å²) in [7, 11) is 4.45. The van der Waals surface area contributed by atoms with Crippen molar-refractivity contribution in [3.63, 3.8) is 0 Å². The predicted octanol–water partition coefficient (Wildman–Crippen LogP) is 2.25. The first-order valence-corrected chi connectivity index (χ1v) is 9.80. The predicted molar refractivity (Wildman–Crippen MR) is 117 cm³/mol. The molecule has 0 saturated heterocycles. The molecule has 1 aliphatic carbocycles. The third-order valence-corrected chi connectivity index (χ3v) is 5.81. The van der Waals surface area contributed by atoms with Crippen LogP contribution in [0.1, 0.15) is 33.0 Å². The zero-order valence-corrected chi connectivity index (χ0v) is 17.5. The number of ketones is 1. The van der Waals surface area contributed by atoms with Crippen LogP contribution < -0.4 is 30.8 Å². The molecule has 1 atom stereocenters. The number of H-pyrrole nitrogens is 2. The summed E-state index contributed by atoms with van der Waals surface area (Å²) < 4.78 is 16.6. The standard InChI is InChI=1S/C23H19N3O6/c1-30-13-9-8-12(19(31-2)20(13)32-3)14-15-17(10-6-4-5-7-11(10)18(15)27)24-21-16(14)22(28)26-23(29)25-21/h4-9,14H,1-3H3,(H3,24,25,26,28,29)/t14-/m1/s1. The molecule has 9 heteroatoms. The number of carbonyl (C=O) groups excluding carboxylic acids is 1. The number of rotatable bonds is 4. The van der Waals surface area contributed by atoms with E-state index >= 15 is 0 Å². The lowest BCUT2D eigenvalue weighted by Crippen LogP contribution is -2.33. The smallest absolute Gasteiger partial charge is 0.327 e. The topological polar surface area (TPSA) is 123 Å². The zero-order valence-electron chi connectivity index (χ0n) is 17.5. The second-order valence-electron chi connectivity index (χ2n) is 7.34. The van der Waals surface area contributed by atoms with Crippen LogP contribution in [-0.4, -0.2) is 37.1 Å². The van der Waals surface area contributed by atoms with Gasteiger partial charge in [-0.25, -0.2) is 4.79 Å². The molecule has 1 aliphatic heterocycles. The van der Waals surface area contributed by atoms with Crippen molar-refractivity contribution < 1.29 is 19.0 Å². The number of hydrogen-bond acceptors (Lipinski definition) is 7. The van der Waals surface area contributed by atoms with Gasteiger partial charge < -0.3 is 19.5 Å². The Morgan fingerprint density at radius 3 is 2.22 bits per heavy atom. The van der Waals surface area contributed by atoms with Crippen molar-refractivity contribution >= 4 is 17.3 Å². The van der Waals surface area contributed by atoms with Crippen LogP contribution in [0.15, 0.2) is 51.6 Å². The van der Waals surface area contributed by atoms with Crippen LogP contribution in [0.2, 0.25) is 0 Å². The van der Waals surface area contributed by atoms with E-state index in [2.05, 4.69) is 15.3 Å². The summed E-state index contributed by atoms with van der Waals surface area (Å²) in [6.45, 7) is 0. The highest BCUT2D eigenvalue weighted by Crippen LogP contribution is 2.52. The molecule has 32 heavy (non-hydrogen) atoms. The minimum absolute atomic E-state index is 0.204. The van der Waals surface area contributed by atoms with E-state index in [1.54, 1.807) is 24.3 Å². The number of methoxy groups -OCH3 is 3. The van der Waals surface area contributed by atoms with Gasteiger partial charge in [-0.05, 0) is 6.07 Å². The fourth-order valence-corrected chi connectivity index (χ4v) is 4.52. The fraction of sp³-hybridized carbons (Fsp3) is 0.174. The Labute approximate surface area is 181 Å². The van der Waals surface area contributed by atoms with Crippen LogP contribution in [0, 0.1) is 0 Å². The molecule has 3 N–H and O–H groups in total. The van der Waals surface area contributed by atoms with E-state index in [1.807, 2.05) is 12.1 Å². The maximum Gasteiger partial charge on any atom is 0.327 e. The monoisotopic (exact) mass is 433 g/mol. The molecule has 3 aromatic rings. The number of allylic oxidation sites excluding steroid dienone is 1. The van der Waals surface area contributed by atoms with Gasteiger partial charge in [0, 0.05) is 22.3 Å². The number of ether oxygens (including phenoxy) is 3. The number of Topliss-reactive ketones (excluding diaryl/α,β-unsaturated/α-hetero) is 1. The summed E-state index contributed by atoms with van der Waals surface area (Å²) >= 11 is 0. The Balaban J connectivity index is 1.87. The number of nitrogens with one attached hydrogen (secondary N) is 3. The Kier molecular flexibility index (Phi) is 4.40. The minimum Gasteiger partial charge on any atom is -0.493 e. The summed E-state index contributed by atoms with van der Waals surface area (Å²) in [5.41, 5.74) is 1.62. The van der Waals surface area contributed by atoms with E-state index in [-0.39, 0.29) is 17.2 Å². The summed E-state index contributed by atoms with van der Waals surface area (Å²) in [5.74, 6) is 0.291. The van der Waals surface area contributed by atoms with Crippen molar-refractivity contribution in [2.75, 3.05) is 26.6 Å². The average Bonchev–Trinajstić information content (AvgIpc) is 3.08. The SMILES string of the molecule is COc1ccc([C@@H]2C3=C(Nc4[nH]c(=O)[nH]c(=O)c42)c2ccccc2C3=O)c(OC)c1OC. The maximum absolute atomic E-state index is 13.5. The Morgan fingerprint density at radius 2 is 1.53 bits per heavy atom. The van der Waals surface area contributed by atoms with Crippen molar-refractivity contribution in [1.82, 2.24) is 9.97 Å². The summed E-state index contributed by atoms with van der Waals surface area (Å²) in [5, 5.41) is 3.10. The van der Waals surface area contributed by atoms with Gasteiger partial charge >= 0.3 is 5.69 Å². The molecule has 162 valence electrons. The molecule has 5 rings (SSSR count). The van der Waals surface area contributed by atoms with Gasteiger partial charge in [-0.3, -0.25) is 19.6 Å². The molecule has 0 fully saturated rings. The van der Waals surface area contributed by atoms with Crippen LogP contribution in [0.3, 0.4) is 0 Å².